The van der Waals surface area contributed by atoms with Crippen LogP contribution in [0.2, 0.25) is 5.02 Å². The van der Waals surface area contributed by atoms with Gasteiger partial charge in [0.05, 0.1) is 11.9 Å². The van der Waals surface area contributed by atoms with Crippen LogP contribution in [0.15, 0.2) is 53.0 Å². The Kier molecular flexibility index (Phi) is 10.2. The predicted molar refractivity (Wildman–Crippen MR) is 136 cm³/mol. The third-order valence-corrected chi connectivity index (χ3v) is 6.98. The first-order chi connectivity index (χ1) is 15.5. The van der Waals surface area contributed by atoms with Crippen molar-refractivity contribution < 1.29 is 18.0 Å². The normalized spacial score (nSPS) is 12.2. The van der Waals surface area contributed by atoms with Crippen molar-refractivity contribution in [2.24, 2.45) is 0 Å². The lowest BCUT2D eigenvalue weighted by atomic mass is 10.1. The third kappa shape index (κ3) is 8.32. The molecule has 180 valence electrons. The standard InChI is InChI=1S/C23H29BrClN3O4S/c1-4-5-14-26-23(30)17(2)27(15-18-6-10-20(25)11-7-18)22(29)16-28(33(3,31)32)21-12-8-19(24)9-13-21/h6-13,17H,4-5,14-16H2,1-3H3,(H,26,30). The first-order valence-electron chi connectivity index (χ1n) is 10.6. The van der Waals surface area contributed by atoms with Gasteiger partial charge < -0.3 is 10.2 Å². The molecule has 0 bridgehead atoms. The molecule has 1 unspecified atom stereocenters. The summed E-state index contributed by atoms with van der Waals surface area (Å²) in [5.74, 6) is -0.781. The van der Waals surface area contributed by atoms with Crippen molar-refractivity contribution in [2.75, 3.05) is 23.7 Å². The van der Waals surface area contributed by atoms with Gasteiger partial charge in [-0.2, -0.15) is 0 Å². The van der Waals surface area contributed by atoms with Crippen LogP contribution in [-0.2, 0) is 26.2 Å². The van der Waals surface area contributed by atoms with Crippen molar-refractivity contribution in [3.05, 3.63) is 63.6 Å². The lowest BCUT2D eigenvalue weighted by Crippen LogP contribution is -2.51. The molecule has 0 aliphatic rings. The Labute approximate surface area is 209 Å². The highest BCUT2D eigenvalue weighted by atomic mass is 79.9. The van der Waals surface area contributed by atoms with Crippen LogP contribution in [0.5, 0.6) is 0 Å². The zero-order valence-electron chi connectivity index (χ0n) is 18.9. The number of nitrogens with zero attached hydrogens (tertiary/aromatic N) is 2. The second-order valence-electron chi connectivity index (χ2n) is 7.71. The van der Waals surface area contributed by atoms with E-state index in [1.807, 2.05) is 6.92 Å². The number of carbonyl (C=O) groups is 2. The first kappa shape index (κ1) is 27.1. The quantitative estimate of drug-likeness (QED) is 0.419. The smallest absolute Gasteiger partial charge is 0.244 e. The van der Waals surface area contributed by atoms with Crippen molar-refractivity contribution in [2.45, 2.75) is 39.3 Å². The molecule has 0 aliphatic carbocycles. The molecule has 0 aromatic heterocycles. The van der Waals surface area contributed by atoms with Gasteiger partial charge in [-0.15, -0.1) is 0 Å². The van der Waals surface area contributed by atoms with E-state index in [1.165, 1.54) is 4.90 Å². The molecule has 0 spiro atoms. The Balaban J connectivity index is 2.32. The van der Waals surface area contributed by atoms with E-state index in [9.17, 15) is 18.0 Å². The molecule has 2 aromatic rings. The minimum Gasteiger partial charge on any atom is -0.354 e. The van der Waals surface area contributed by atoms with Crippen LogP contribution in [0.1, 0.15) is 32.3 Å². The van der Waals surface area contributed by atoms with E-state index >= 15 is 0 Å². The molecule has 2 amide bonds. The minimum absolute atomic E-state index is 0.135. The van der Waals surface area contributed by atoms with Gasteiger partial charge in [0.25, 0.3) is 0 Å². The lowest BCUT2D eigenvalue weighted by Gasteiger charge is -2.31. The highest BCUT2D eigenvalue weighted by Gasteiger charge is 2.30. The van der Waals surface area contributed by atoms with Crippen molar-refractivity contribution in [1.29, 1.82) is 0 Å². The van der Waals surface area contributed by atoms with Crippen LogP contribution in [0.3, 0.4) is 0 Å². The number of hydrogen-bond donors (Lipinski definition) is 1. The highest BCUT2D eigenvalue weighted by molar-refractivity contribution is 9.10. The van der Waals surface area contributed by atoms with Gasteiger partial charge in [0.1, 0.15) is 12.6 Å². The lowest BCUT2D eigenvalue weighted by molar-refractivity contribution is -0.139. The van der Waals surface area contributed by atoms with Gasteiger partial charge in [-0.25, -0.2) is 8.42 Å². The van der Waals surface area contributed by atoms with Gasteiger partial charge >= 0.3 is 0 Å². The number of unbranched alkanes of at least 4 members (excludes halogenated alkanes) is 1. The van der Waals surface area contributed by atoms with E-state index in [0.29, 0.717) is 17.3 Å². The number of halogens is 2. The molecule has 0 fully saturated rings. The van der Waals surface area contributed by atoms with Crippen molar-refractivity contribution in [3.63, 3.8) is 0 Å². The van der Waals surface area contributed by atoms with Crippen LogP contribution in [0.4, 0.5) is 5.69 Å². The number of sulfonamides is 1. The number of carbonyl (C=O) groups excluding carboxylic acids is 2. The molecule has 0 saturated heterocycles. The molecule has 7 nitrogen and oxygen atoms in total. The van der Waals surface area contributed by atoms with Gasteiger partial charge in [0, 0.05) is 22.6 Å². The highest BCUT2D eigenvalue weighted by Crippen LogP contribution is 2.22. The molecule has 10 heteroatoms. The maximum Gasteiger partial charge on any atom is 0.244 e. The number of rotatable bonds is 11. The summed E-state index contributed by atoms with van der Waals surface area (Å²) < 4.78 is 26.8. The third-order valence-electron chi connectivity index (χ3n) is 5.06. The molecule has 0 radical (unpaired) electrons. The molecule has 1 N–H and O–H groups in total. The van der Waals surface area contributed by atoms with Crippen LogP contribution in [0.25, 0.3) is 0 Å². The Bertz CT molecular complexity index is 1050. The summed E-state index contributed by atoms with van der Waals surface area (Å²) in [4.78, 5) is 27.5. The average Bonchev–Trinajstić information content (AvgIpc) is 2.76. The summed E-state index contributed by atoms with van der Waals surface area (Å²) in [6, 6.07) is 12.8. The molecular weight excluding hydrogens is 530 g/mol. The van der Waals surface area contributed by atoms with E-state index in [-0.39, 0.29) is 12.5 Å². The van der Waals surface area contributed by atoms with Crippen LogP contribution >= 0.6 is 27.5 Å². The summed E-state index contributed by atoms with van der Waals surface area (Å²) in [7, 11) is -3.75. The van der Waals surface area contributed by atoms with E-state index < -0.39 is 28.5 Å². The fourth-order valence-corrected chi connectivity index (χ4v) is 4.37. The monoisotopic (exact) mass is 557 g/mol. The van der Waals surface area contributed by atoms with E-state index in [2.05, 4.69) is 21.2 Å². The summed E-state index contributed by atoms with van der Waals surface area (Å²) in [5, 5.41) is 3.40. The second-order valence-corrected chi connectivity index (χ2v) is 11.0. The van der Waals surface area contributed by atoms with E-state index in [1.54, 1.807) is 55.5 Å². The predicted octanol–water partition coefficient (Wildman–Crippen LogP) is 4.20. The molecule has 2 aromatic carbocycles. The Hall–Kier alpha value is -2.10. The molecule has 0 heterocycles. The zero-order valence-corrected chi connectivity index (χ0v) is 22.1. The Morgan fingerprint density at radius 2 is 1.70 bits per heavy atom. The molecular formula is C23H29BrClN3O4S. The Morgan fingerprint density at radius 1 is 1.09 bits per heavy atom. The van der Waals surface area contributed by atoms with Crippen LogP contribution < -0.4 is 9.62 Å². The van der Waals surface area contributed by atoms with Gasteiger partial charge in [-0.3, -0.25) is 13.9 Å². The summed E-state index contributed by atoms with van der Waals surface area (Å²) >= 11 is 9.30. The minimum atomic E-state index is -3.75. The van der Waals surface area contributed by atoms with Gasteiger partial charge in [0.2, 0.25) is 21.8 Å². The van der Waals surface area contributed by atoms with Gasteiger partial charge in [-0.1, -0.05) is 53.0 Å². The van der Waals surface area contributed by atoms with Crippen molar-refractivity contribution >= 4 is 55.1 Å². The molecule has 1 atom stereocenters. The largest absolute Gasteiger partial charge is 0.354 e. The van der Waals surface area contributed by atoms with Crippen molar-refractivity contribution in [3.8, 4) is 0 Å². The molecule has 0 saturated carbocycles. The van der Waals surface area contributed by atoms with Gasteiger partial charge in [0.15, 0.2) is 0 Å². The fourth-order valence-electron chi connectivity index (χ4n) is 3.13. The number of hydrogen-bond acceptors (Lipinski definition) is 4. The fraction of sp³-hybridized carbons (Fsp3) is 0.391. The van der Waals surface area contributed by atoms with Crippen LogP contribution in [-0.4, -0.2) is 50.5 Å². The number of anilines is 1. The molecule has 33 heavy (non-hydrogen) atoms. The van der Waals surface area contributed by atoms with Gasteiger partial charge in [-0.05, 0) is 55.3 Å². The summed E-state index contributed by atoms with van der Waals surface area (Å²) in [5.41, 5.74) is 1.14. The number of nitrogens with one attached hydrogen (secondary N) is 1. The number of benzene rings is 2. The Morgan fingerprint density at radius 3 is 2.24 bits per heavy atom. The first-order valence-corrected chi connectivity index (χ1v) is 13.6. The maximum absolute atomic E-state index is 13.4. The zero-order chi connectivity index (χ0) is 24.6. The average molecular weight is 559 g/mol. The second kappa shape index (κ2) is 12.4. The summed E-state index contributed by atoms with van der Waals surface area (Å²) in [6.07, 6.45) is 2.81. The molecule has 2 rings (SSSR count). The van der Waals surface area contributed by atoms with E-state index in [0.717, 1.165) is 33.4 Å². The summed E-state index contributed by atoms with van der Waals surface area (Å²) in [6.45, 7) is 3.88. The van der Waals surface area contributed by atoms with Crippen molar-refractivity contribution in [1.82, 2.24) is 10.2 Å². The maximum atomic E-state index is 13.4. The van der Waals surface area contributed by atoms with E-state index in [4.69, 9.17) is 11.6 Å². The molecule has 0 aliphatic heterocycles. The number of amides is 2. The van der Waals surface area contributed by atoms with Crippen LogP contribution in [0, 0.1) is 0 Å². The topological polar surface area (TPSA) is 86.8 Å². The SMILES string of the molecule is CCCCNC(=O)C(C)N(Cc1ccc(Cl)cc1)C(=O)CN(c1ccc(Br)cc1)S(C)(=O)=O.